The highest BCUT2D eigenvalue weighted by atomic mass is 15.2. The summed E-state index contributed by atoms with van der Waals surface area (Å²) in [4.78, 5) is 5.06. The minimum absolute atomic E-state index is 0.0370. The molecule has 1 aliphatic heterocycles. The zero-order valence-corrected chi connectivity index (χ0v) is 23.6. The fourth-order valence-electron chi connectivity index (χ4n) is 7.60. The van der Waals surface area contributed by atoms with Crippen molar-refractivity contribution in [3.8, 4) is 0 Å². The molecule has 0 bridgehead atoms. The van der Waals surface area contributed by atoms with Crippen LogP contribution in [0.2, 0.25) is 0 Å². The summed E-state index contributed by atoms with van der Waals surface area (Å²) >= 11 is 0. The molecule has 0 saturated heterocycles. The maximum Gasteiger partial charge on any atom is 0.0629 e. The summed E-state index contributed by atoms with van der Waals surface area (Å²) in [6.07, 6.45) is 15.1. The summed E-state index contributed by atoms with van der Waals surface area (Å²) in [5.74, 6) is 0.325. The fraction of sp³-hybridized carbons (Fsp3) is 0.179. The van der Waals surface area contributed by atoms with E-state index in [2.05, 4.69) is 163 Å². The minimum Gasteiger partial charge on any atom is -0.334 e. The Labute approximate surface area is 243 Å². The molecule has 2 heteroatoms. The highest BCUT2D eigenvalue weighted by Gasteiger charge is 2.41. The second-order valence-corrected chi connectivity index (χ2v) is 12.1. The summed E-state index contributed by atoms with van der Waals surface area (Å²) < 4.78 is 0. The Morgan fingerprint density at radius 3 is 2.32 bits per heavy atom. The SMILES string of the molecule is CC1(C)C2=CCC(N(c3ccccc3)c3ccc4c(c3)C3C=CC=CC3N4c3ccccc3)C=C2c2ccccc21. The predicted molar refractivity (Wildman–Crippen MR) is 172 cm³/mol. The summed E-state index contributed by atoms with van der Waals surface area (Å²) in [6, 6.07) is 38.3. The first-order valence-corrected chi connectivity index (χ1v) is 14.8. The molecule has 3 unspecified atom stereocenters. The molecule has 4 aromatic rings. The molecule has 0 amide bonds. The molecule has 8 rings (SSSR count). The van der Waals surface area contributed by atoms with Gasteiger partial charge < -0.3 is 9.80 Å². The highest BCUT2D eigenvalue weighted by molar-refractivity contribution is 5.91. The van der Waals surface area contributed by atoms with E-state index in [1.165, 1.54) is 50.6 Å². The molecule has 0 saturated carbocycles. The lowest BCUT2D eigenvalue weighted by molar-refractivity contribution is 0.648. The molecule has 2 nitrogen and oxygen atoms in total. The average molecular weight is 531 g/mol. The quantitative estimate of drug-likeness (QED) is 0.259. The van der Waals surface area contributed by atoms with E-state index >= 15 is 0 Å². The maximum absolute atomic E-state index is 2.55. The molecule has 1 heterocycles. The van der Waals surface area contributed by atoms with Crippen LogP contribution in [0.3, 0.4) is 0 Å². The van der Waals surface area contributed by atoms with Gasteiger partial charge in [-0.3, -0.25) is 0 Å². The number of hydrogen-bond donors (Lipinski definition) is 0. The van der Waals surface area contributed by atoms with Gasteiger partial charge >= 0.3 is 0 Å². The van der Waals surface area contributed by atoms with Crippen LogP contribution in [0.15, 0.2) is 145 Å². The van der Waals surface area contributed by atoms with E-state index in [0.29, 0.717) is 5.92 Å². The van der Waals surface area contributed by atoms with Crippen molar-refractivity contribution < 1.29 is 0 Å². The van der Waals surface area contributed by atoms with Crippen LogP contribution in [0.4, 0.5) is 22.7 Å². The van der Waals surface area contributed by atoms with Gasteiger partial charge in [0, 0.05) is 34.1 Å². The molecule has 0 fully saturated rings. The lowest BCUT2D eigenvalue weighted by Crippen LogP contribution is -2.31. The number of fused-ring (bicyclic) bond motifs is 6. The van der Waals surface area contributed by atoms with Gasteiger partial charge in [0.25, 0.3) is 0 Å². The first-order chi connectivity index (χ1) is 20.1. The predicted octanol–water partition coefficient (Wildman–Crippen LogP) is 9.63. The van der Waals surface area contributed by atoms with Crippen molar-refractivity contribution in [1.29, 1.82) is 0 Å². The molecule has 3 atom stereocenters. The zero-order valence-electron chi connectivity index (χ0n) is 23.6. The third-order valence-corrected chi connectivity index (χ3v) is 9.49. The van der Waals surface area contributed by atoms with Gasteiger partial charge in [-0.05, 0) is 76.7 Å². The van der Waals surface area contributed by atoms with Gasteiger partial charge in [0.2, 0.25) is 0 Å². The summed E-state index contributed by atoms with van der Waals surface area (Å²) in [5, 5.41) is 0. The molecule has 0 radical (unpaired) electrons. The number of anilines is 4. The first kappa shape index (κ1) is 24.3. The summed E-state index contributed by atoms with van der Waals surface area (Å²) in [6.45, 7) is 4.74. The van der Waals surface area contributed by atoms with Gasteiger partial charge in [0.1, 0.15) is 0 Å². The third-order valence-electron chi connectivity index (χ3n) is 9.49. The Morgan fingerprint density at radius 2 is 1.49 bits per heavy atom. The fourth-order valence-corrected chi connectivity index (χ4v) is 7.60. The molecule has 0 aromatic heterocycles. The van der Waals surface area contributed by atoms with Gasteiger partial charge in [-0.15, -0.1) is 0 Å². The van der Waals surface area contributed by atoms with E-state index in [0.717, 1.165) is 6.42 Å². The van der Waals surface area contributed by atoms with Gasteiger partial charge in [-0.2, -0.15) is 0 Å². The van der Waals surface area contributed by atoms with Crippen LogP contribution in [-0.2, 0) is 5.41 Å². The second kappa shape index (κ2) is 9.24. The van der Waals surface area contributed by atoms with Gasteiger partial charge in [-0.1, -0.05) is 111 Å². The number of benzene rings is 4. The third kappa shape index (κ3) is 3.70. The number of para-hydroxylation sites is 2. The number of allylic oxidation sites excluding steroid dienone is 4. The minimum atomic E-state index is 0.0370. The van der Waals surface area contributed by atoms with Crippen LogP contribution in [-0.4, -0.2) is 12.1 Å². The largest absolute Gasteiger partial charge is 0.334 e. The summed E-state index contributed by atoms with van der Waals surface area (Å²) in [5.41, 5.74) is 12.1. The molecule has 3 aliphatic carbocycles. The molecule has 4 aliphatic rings. The van der Waals surface area contributed by atoms with Gasteiger partial charge in [0.05, 0.1) is 12.1 Å². The van der Waals surface area contributed by atoms with Crippen LogP contribution in [0, 0.1) is 0 Å². The zero-order chi connectivity index (χ0) is 27.6. The average Bonchev–Trinajstić information content (AvgIpc) is 3.47. The van der Waals surface area contributed by atoms with Gasteiger partial charge in [-0.25, -0.2) is 0 Å². The Hall–Kier alpha value is -4.56. The highest BCUT2D eigenvalue weighted by Crippen LogP contribution is 2.53. The van der Waals surface area contributed by atoms with Crippen molar-refractivity contribution in [1.82, 2.24) is 0 Å². The Morgan fingerprint density at radius 1 is 0.756 bits per heavy atom. The monoisotopic (exact) mass is 530 g/mol. The van der Waals surface area contributed by atoms with Crippen molar-refractivity contribution in [3.63, 3.8) is 0 Å². The molecule has 4 aromatic carbocycles. The van der Waals surface area contributed by atoms with Crippen molar-refractivity contribution in [2.75, 3.05) is 9.80 Å². The Balaban J connectivity index is 1.25. The summed E-state index contributed by atoms with van der Waals surface area (Å²) in [7, 11) is 0. The van der Waals surface area contributed by atoms with Crippen LogP contribution in [0.5, 0.6) is 0 Å². The molecule has 0 N–H and O–H groups in total. The molecule has 0 spiro atoms. The topological polar surface area (TPSA) is 6.48 Å². The maximum atomic E-state index is 2.55. The molecular formula is C39H34N2. The van der Waals surface area contributed by atoms with E-state index in [-0.39, 0.29) is 17.5 Å². The van der Waals surface area contributed by atoms with E-state index in [9.17, 15) is 0 Å². The smallest absolute Gasteiger partial charge is 0.0629 e. The Bertz CT molecular complexity index is 1760. The number of hydrogen-bond acceptors (Lipinski definition) is 2. The van der Waals surface area contributed by atoms with Crippen molar-refractivity contribution >= 4 is 28.3 Å². The van der Waals surface area contributed by atoms with Crippen LogP contribution >= 0.6 is 0 Å². The second-order valence-electron chi connectivity index (χ2n) is 12.1. The van der Waals surface area contributed by atoms with E-state index in [4.69, 9.17) is 0 Å². The number of nitrogens with zero attached hydrogens (tertiary/aromatic N) is 2. The normalized spacial score (nSPS) is 22.8. The van der Waals surface area contributed by atoms with Crippen molar-refractivity contribution in [3.05, 3.63) is 162 Å². The van der Waals surface area contributed by atoms with Crippen molar-refractivity contribution in [2.45, 2.75) is 43.7 Å². The van der Waals surface area contributed by atoms with Gasteiger partial charge in [0.15, 0.2) is 0 Å². The molecule has 41 heavy (non-hydrogen) atoms. The number of rotatable bonds is 4. The Kier molecular flexibility index (Phi) is 5.47. The molecule has 200 valence electrons. The lowest BCUT2D eigenvalue weighted by Gasteiger charge is -2.35. The van der Waals surface area contributed by atoms with E-state index < -0.39 is 0 Å². The van der Waals surface area contributed by atoms with Crippen molar-refractivity contribution in [2.24, 2.45) is 0 Å². The van der Waals surface area contributed by atoms with E-state index in [1.807, 2.05) is 0 Å². The van der Waals surface area contributed by atoms with Crippen LogP contribution in [0.1, 0.15) is 42.9 Å². The first-order valence-electron chi connectivity index (χ1n) is 14.8. The van der Waals surface area contributed by atoms with Crippen LogP contribution in [0.25, 0.3) is 5.57 Å². The molecular weight excluding hydrogens is 496 g/mol. The van der Waals surface area contributed by atoms with Crippen LogP contribution < -0.4 is 9.80 Å². The lowest BCUT2D eigenvalue weighted by atomic mass is 9.79. The van der Waals surface area contributed by atoms with E-state index in [1.54, 1.807) is 0 Å². The standard InChI is InChI=1S/C39H34N2/c1-39(2)35-19-11-9-17-31(35)33-25-29(21-23-36(33)39)40(27-13-5-3-6-14-27)30-22-24-38-34(26-30)32-18-10-12-20-37(32)41(38)28-15-7-4-8-16-28/h3-20,22-26,29,32,37H,21H2,1-2H3.